The molecule has 5 rings (SSSR count). The van der Waals surface area contributed by atoms with E-state index in [1.165, 1.54) is 6.42 Å². The number of nitrogens with one attached hydrogen (secondary N) is 2. The molecule has 4 N–H and O–H groups in total. The molecule has 6 nitrogen and oxygen atoms in total. The van der Waals surface area contributed by atoms with Gasteiger partial charge in [-0.25, -0.2) is 4.52 Å². The first-order valence-electron chi connectivity index (χ1n) is 10.5. The molecular formula is C24H27N5O. The fourth-order valence-electron chi connectivity index (χ4n) is 4.72. The summed E-state index contributed by atoms with van der Waals surface area (Å²) in [5.74, 6) is 0.146. The monoisotopic (exact) mass is 401 g/mol. The van der Waals surface area contributed by atoms with Gasteiger partial charge in [-0.1, -0.05) is 26.8 Å². The zero-order valence-corrected chi connectivity index (χ0v) is 17.6. The van der Waals surface area contributed by atoms with E-state index in [1.807, 2.05) is 16.9 Å². The Bertz CT molecular complexity index is 1270. The van der Waals surface area contributed by atoms with E-state index in [0.717, 1.165) is 39.7 Å². The fraction of sp³-hybridized carbons (Fsp3) is 0.333. The van der Waals surface area contributed by atoms with Crippen molar-refractivity contribution in [3.63, 3.8) is 0 Å². The average molecular weight is 402 g/mol. The van der Waals surface area contributed by atoms with Gasteiger partial charge in [0.1, 0.15) is 0 Å². The van der Waals surface area contributed by atoms with Gasteiger partial charge in [0.15, 0.2) is 0 Å². The van der Waals surface area contributed by atoms with Crippen molar-refractivity contribution in [1.29, 1.82) is 0 Å². The minimum atomic E-state index is -0.465. The van der Waals surface area contributed by atoms with Gasteiger partial charge < -0.3 is 16.0 Å². The van der Waals surface area contributed by atoms with Crippen molar-refractivity contribution >= 4 is 28.0 Å². The molecule has 3 heterocycles. The predicted octanol–water partition coefficient (Wildman–Crippen LogP) is 4.82. The van der Waals surface area contributed by atoms with Crippen molar-refractivity contribution < 1.29 is 4.79 Å². The maximum absolute atomic E-state index is 12.2. The summed E-state index contributed by atoms with van der Waals surface area (Å²) in [6.07, 6.45) is 7.75. The summed E-state index contributed by atoms with van der Waals surface area (Å²) in [5, 5.41) is 9.30. The van der Waals surface area contributed by atoms with Crippen molar-refractivity contribution in [1.82, 2.24) is 14.6 Å². The number of nitrogens with zero attached hydrogens (tertiary/aromatic N) is 2. The number of aromatic nitrogens is 3. The van der Waals surface area contributed by atoms with Crippen molar-refractivity contribution in [3.05, 3.63) is 54.5 Å². The second-order valence-electron chi connectivity index (χ2n) is 9.13. The summed E-state index contributed by atoms with van der Waals surface area (Å²) in [6.45, 7) is 6.88. The van der Waals surface area contributed by atoms with Crippen LogP contribution < -0.4 is 11.1 Å². The number of hydrogen-bond donors (Lipinski definition) is 3. The molecule has 0 radical (unpaired) electrons. The van der Waals surface area contributed by atoms with Gasteiger partial charge in [0.25, 0.3) is 5.91 Å². The highest BCUT2D eigenvalue weighted by Gasteiger charge is 2.41. The third-order valence-corrected chi connectivity index (χ3v) is 7.16. The molecule has 1 unspecified atom stereocenters. The number of hydrogen-bond acceptors (Lipinski definition) is 3. The Kier molecular flexibility index (Phi) is 4.13. The lowest BCUT2D eigenvalue weighted by Crippen LogP contribution is -2.35. The average Bonchev–Trinajstić information content (AvgIpc) is 3.41. The van der Waals surface area contributed by atoms with Crippen molar-refractivity contribution in [2.45, 2.75) is 39.7 Å². The molecule has 1 aliphatic rings. The summed E-state index contributed by atoms with van der Waals surface area (Å²) < 4.78 is 1.83. The lowest BCUT2D eigenvalue weighted by atomic mass is 9.80. The summed E-state index contributed by atoms with van der Waals surface area (Å²) in [7, 11) is 0. The quantitative estimate of drug-likeness (QED) is 0.458. The second kappa shape index (κ2) is 6.62. The number of rotatable bonds is 4. The summed E-state index contributed by atoms with van der Waals surface area (Å²) in [4.78, 5) is 15.4. The zero-order valence-electron chi connectivity index (χ0n) is 17.6. The van der Waals surface area contributed by atoms with Crippen molar-refractivity contribution in [2.75, 3.05) is 5.32 Å². The van der Waals surface area contributed by atoms with E-state index in [0.29, 0.717) is 11.5 Å². The van der Waals surface area contributed by atoms with Gasteiger partial charge in [-0.2, -0.15) is 5.10 Å². The second-order valence-corrected chi connectivity index (χ2v) is 9.13. The molecule has 0 spiro atoms. The van der Waals surface area contributed by atoms with Crippen LogP contribution in [0.3, 0.4) is 0 Å². The summed E-state index contributed by atoms with van der Waals surface area (Å²) in [5.41, 5.74) is 11.2. The van der Waals surface area contributed by atoms with E-state index in [4.69, 9.17) is 5.73 Å². The normalized spacial score (nSPS) is 20.8. The van der Waals surface area contributed by atoms with Crippen molar-refractivity contribution in [3.8, 4) is 11.1 Å². The Balaban J connectivity index is 1.62. The number of aromatic amines is 1. The molecule has 0 saturated heterocycles. The SMILES string of the molecule is CC1CC[C@@H](Nc2c(C(N)=O)cnn3cc(-c4ccc5[nH]ccc5c4)cc23)C1(C)C. The maximum Gasteiger partial charge on any atom is 0.252 e. The number of fused-ring (bicyclic) bond motifs is 2. The number of anilines is 1. The van der Waals surface area contributed by atoms with Gasteiger partial charge >= 0.3 is 0 Å². The van der Waals surface area contributed by atoms with Crippen LogP contribution in [0.5, 0.6) is 0 Å². The smallest absolute Gasteiger partial charge is 0.252 e. The molecule has 6 heteroatoms. The standard InChI is InChI=1S/C24H27N5O/c1-14-4-7-21(24(14,2)3)28-22-18(23(25)30)12-27-29-13-17(11-20(22)29)15-5-6-19-16(10-15)8-9-26-19/h5-6,8-14,21,26,28H,4,7H2,1-3H3,(H2,25,30)/t14?,21-/m1/s1. The molecule has 3 aromatic heterocycles. The van der Waals surface area contributed by atoms with Crippen LogP contribution in [0.2, 0.25) is 0 Å². The first kappa shape index (κ1) is 18.7. The van der Waals surface area contributed by atoms with Gasteiger partial charge in [-0.05, 0) is 59.4 Å². The fourth-order valence-corrected chi connectivity index (χ4v) is 4.72. The van der Waals surface area contributed by atoms with Crippen LogP contribution >= 0.6 is 0 Å². The molecule has 4 aromatic rings. The molecule has 154 valence electrons. The van der Waals surface area contributed by atoms with E-state index < -0.39 is 5.91 Å². The topological polar surface area (TPSA) is 88.2 Å². The first-order valence-corrected chi connectivity index (χ1v) is 10.5. The van der Waals surface area contributed by atoms with Crippen LogP contribution in [0.4, 0.5) is 5.69 Å². The lowest BCUT2D eigenvalue weighted by molar-refractivity contribution is 0.100. The number of carbonyl (C=O) groups excluding carboxylic acids is 1. The highest BCUT2D eigenvalue weighted by molar-refractivity contribution is 6.02. The number of carbonyl (C=O) groups is 1. The van der Waals surface area contributed by atoms with Gasteiger partial charge in [-0.15, -0.1) is 0 Å². The third kappa shape index (κ3) is 2.86. The highest BCUT2D eigenvalue weighted by atomic mass is 16.1. The van der Waals surface area contributed by atoms with Gasteiger partial charge in [-0.3, -0.25) is 4.79 Å². The molecule has 1 amide bonds. The zero-order chi connectivity index (χ0) is 21.0. The molecule has 2 atom stereocenters. The molecule has 0 aliphatic heterocycles. The molecule has 1 aliphatic carbocycles. The Hall–Kier alpha value is -3.28. The van der Waals surface area contributed by atoms with Crippen LogP contribution in [0.1, 0.15) is 44.0 Å². The van der Waals surface area contributed by atoms with Gasteiger partial charge in [0.05, 0.1) is 23.0 Å². The van der Waals surface area contributed by atoms with E-state index in [-0.39, 0.29) is 11.5 Å². The summed E-state index contributed by atoms with van der Waals surface area (Å²) in [6, 6.07) is 10.8. The van der Waals surface area contributed by atoms with E-state index in [2.05, 4.69) is 66.5 Å². The molecule has 1 saturated carbocycles. The maximum atomic E-state index is 12.2. The molecule has 0 bridgehead atoms. The number of primary amides is 1. The molecular weight excluding hydrogens is 374 g/mol. The van der Waals surface area contributed by atoms with Gasteiger partial charge in [0, 0.05) is 29.5 Å². The number of benzene rings is 1. The molecule has 1 aromatic carbocycles. The highest BCUT2D eigenvalue weighted by Crippen LogP contribution is 2.44. The third-order valence-electron chi connectivity index (χ3n) is 7.16. The van der Waals surface area contributed by atoms with E-state index >= 15 is 0 Å². The Morgan fingerprint density at radius 2 is 2.07 bits per heavy atom. The number of nitrogens with two attached hydrogens (primary N) is 1. The number of H-pyrrole nitrogens is 1. The Morgan fingerprint density at radius 3 is 2.80 bits per heavy atom. The van der Waals surface area contributed by atoms with E-state index in [9.17, 15) is 4.79 Å². The molecule has 1 fully saturated rings. The predicted molar refractivity (Wildman–Crippen MR) is 121 cm³/mol. The minimum Gasteiger partial charge on any atom is -0.379 e. The lowest BCUT2D eigenvalue weighted by Gasteiger charge is -2.33. The molecule has 30 heavy (non-hydrogen) atoms. The van der Waals surface area contributed by atoms with Crippen LogP contribution in [0, 0.1) is 11.3 Å². The largest absolute Gasteiger partial charge is 0.379 e. The first-order chi connectivity index (χ1) is 14.3. The Labute approximate surface area is 175 Å². The van der Waals surface area contributed by atoms with Crippen LogP contribution in [-0.2, 0) is 0 Å². The van der Waals surface area contributed by atoms with E-state index in [1.54, 1.807) is 6.20 Å². The van der Waals surface area contributed by atoms with Crippen LogP contribution in [0.25, 0.3) is 27.5 Å². The van der Waals surface area contributed by atoms with Gasteiger partial charge in [0.2, 0.25) is 0 Å². The summed E-state index contributed by atoms with van der Waals surface area (Å²) >= 11 is 0. The number of amides is 1. The minimum absolute atomic E-state index is 0.129. The van der Waals surface area contributed by atoms with Crippen LogP contribution in [0.15, 0.2) is 48.9 Å². The van der Waals surface area contributed by atoms with Crippen molar-refractivity contribution in [2.24, 2.45) is 17.1 Å². The van der Waals surface area contributed by atoms with Crippen LogP contribution in [-0.4, -0.2) is 26.5 Å². The Morgan fingerprint density at radius 1 is 1.23 bits per heavy atom.